The van der Waals surface area contributed by atoms with E-state index in [2.05, 4.69) is 22.8 Å². The Balaban J connectivity index is 1.35. The van der Waals surface area contributed by atoms with Gasteiger partial charge in [0.15, 0.2) is 0 Å². The van der Waals surface area contributed by atoms with Crippen molar-refractivity contribution in [3.63, 3.8) is 0 Å². The molecule has 0 N–H and O–H groups in total. The fourth-order valence-corrected chi connectivity index (χ4v) is 6.51. The SMILES string of the molecule is CC(=O)Oc1cccc([C@@]23CCN(CC4CC4)C[C@H]2CC[C@H](N(C)C(=O)C#Cc2ccc(C(F)(F)F)cc2)C3)c1. The van der Waals surface area contributed by atoms with Crippen LogP contribution in [0.1, 0.15) is 62.1 Å². The summed E-state index contributed by atoms with van der Waals surface area (Å²) in [7, 11) is 1.76. The molecule has 1 heterocycles. The van der Waals surface area contributed by atoms with E-state index in [9.17, 15) is 22.8 Å². The van der Waals surface area contributed by atoms with E-state index < -0.39 is 11.7 Å². The third kappa shape index (κ3) is 6.36. The molecule has 5 rings (SSSR count). The Kier molecular flexibility index (Phi) is 7.96. The predicted molar refractivity (Wildman–Crippen MR) is 145 cm³/mol. The van der Waals surface area contributed by atoms with Crippen LogP contribution < -0.4 is 4.74 Å². The second kappa shape index (κ2) is 11.3. The summed E-state index contributed by atoms with van der Waals surface area (Å²) >= 11 is 0. The van der Waals surface area contributed by atoms with E-state index in [0.29, 0.717) is 17.2 Å². The average Bonchev–Trinajstić information content (AvgIpc) is 3.74. The zero-order valence-electron chi connectivity index (χ0n) is 23.0. The highest BCUT2D eigenvalue weighted by atomic mass is 19.4. The van der Waals surface area contributed by atoms with Gasteiger partial charge in [0.05, 0.1) is 5.56 Å². The van der Waals surface area contributed by atoms with Crippen LogP contribution in [0.4, 0.5) is 13.2 Å². The van der Waals surface area contributed by atoms with Gasteiger partial charge in [0.1, 0.15) is 5.75 Å². The van der Waals surface area contributed by atoms with E-state index in [0.717, 1.165) is 68.9 Å². The number of halogens is 3. The number of rotatable bonds is 5. The van der Waals surface area contributed by atoms with Crippen LogP contribution in [0.5, 0.6) is 5.75 Å². The first-order chi connectivity index (χ1) is 19.0. The molecule has 3 fully saturated rings. The van der Waals surface area contributed by atoms with Gasteiger partial charge in [-0.05, 0) is 98.9 Å². The largest absolute Gasteiger partial charge is 0.427 e. The summed E-state index contributed by atoms with van der Waals surface area (Å²) < 4.78 is 44.0. The molecular formula is C32H35F3N2O3. The van der Waals surface area contributed by atoms with Gasteiger partial charge in [0.25, 0.3) is 5.91 Å². The molecule has 3 aliphatic rings. The number of ether oxygens (including phenoxy) is 1. The van der Waals surface area contributed by atoms with Crippen molar-refractivity contribution in [2.24, 2.45) is 11.8 Å². The second-order valence-corrected chi connectivity index (χ2v) is 11.6. The van der Waals surface area contributed by atoms with Crippen molar-refractivity contribution in [3.8, 4) is 17.6 Å². The number of benzene rings is 2. The highest BCUT2D eigenvalue weighted by molar-refractivity contribution is 5.94. The minimum absolute atomic E-state index is 0.0296. The van der Waals surface area contributed by atoms with Gasteiger partial charge in [-0.1, -0.05) is 18.1 Å². The zero-order valence-corrected chi connectivity index (χ0v) is 23.0. The number of likely N-dealkylation sites (tertiary alicyclic amines) is 1. The van der Waals surface area contributed by atoms with Gasteiger partial charge >= 0.3 is 12.1 Å². The van der Waals surface area contributed by atoms with Gasteiger partial charge in [-0.15, -0.1) is 0 Å². The minimum atomic E-state index is -4.41. The maximum atomic E-state index is 13.1. The molecule has 1 saturated heterocycles. The van der Waals surface area contributed by atoms with Crippen LogP contribution in [0.25, 0.3) is 0 Å². The summed E-state index contributed by atoms with van der Waals surface area (Å²) in [6.45, 7) is 4.56. The summed E-state index contributed by atoms with van der Waals surface area (Å²) in [6.07, 6.45) is 1.79. The van der Waals surface area contributed by atoms with E-state index in [1.54, 1.807) is 18.0 Å². The van der Waals surface area contributed by atoms with Gasteiger partial charge in [0.2, 0.25) is 0 Å². The minimum Gasteiger partial charge on any atom is -0.427 e. The predicted octanol–water partition coefficient (Wildman–Crippen LogP) is 5.66. The topological polar surface area (TPSA) is 49.9 Å². The average molecular weight is 553 g/mol. The monoisotopic (exact) mass is 552 g/mol. The number of hydrogen-bond acceptors (Lipinski definition) is 4. The molecule has 2 aromatic carbocycles. The standard InChI is InChI=1S/C32H35F3N2O3/c1-22(38)40-29-5-3-4-26(18-29)31-16-17-37(20-24-6-7-24)21-27(31)13-14-28(19-31)36(2)30(39)15-10-23-8-11-25(12-9-23)32(33,34)35/h3-5,8-9,11-12,18,24,27-28H,6-7,13-14,16-17,19-21H2,1-2H3/t27-,28+,31+/m1/s1. The third-order valence-electron chi connectivity index (χ3n) is 8.86. The highest BCUT2D eigenvalue weighted by Crippen LogP contribution is 2.51. The number of carbonyl (C=O) groups excluding carboxylic acids is 2. The lowest BCUT2D eigenvalue weighted by Gasteiger charge is -2.54. The molecule has 212 valence electrons. The van der Waals surface area contributed by atoms with Crippen LogP contribution in [0.2, 0.25) is 0 Å². The molecule has 3 atom stereocenters. The molecule has 0 bridgehead atoms. The van der Waals surface area contributed by atoms with Crippen molar-refractivity contribution in [1.29, 1.82) is 0 Å². The number of carbonyl (C=O) groups is 2. The van der Waals surface area contributed by atoms with Crippen LogP contribution in [0.15, 0.2) is 48.5 Å². The Morgan fingerprint density at radius 3 is 2.52 bits per heavy atom. The lowest BCUT2D eigenvalue weighted by molar-refractivity contribution is -0.137. The fourth-order valence-electron chi connectivity index (χ4n) is 6.51. The Morgan fingerprint density at radius 1 is 1.10 bits per heavy atom. The molecule has 2 saturated carbocycles. The molecule has 8 heteroatoms. The quantitative estimate of drug-likeness (QED) is 0.273. The normalized spacial score (nSPS) is 24.8. The maximum Gasteiger partial charge on any atom is 0.416 e. The molecule has 0 aromatic heterocycles. The summed E-state index contributed by atoms with van der Waals surface area (Å²) in [6, 6.07) is 12.3. The third-order valence-corrected chi connectivity index (χ3v) is 8.86. The van der Waals surface area contributed by atoms with Crippen LogP contribution >= 0.6 is 0 Å². The smallest absolute Gasteiger partial charge is 0.416 e. The molecule has 0 spiro atoms. The first-order valence-corrected chi connectivity index (χ1v) is 14.0. The zero-order chi connectivity index (χ0) is 28.5. The van der Waals surface area contributed by atoms with Crippen molar-refractivity contribution < 1.29 is 27.5 Å². The fraction of sp³-hybridized carbons (Fsp3) is 0.500. The first-order valence-electron chi connectivity index (χ1n) is 14.0. The molecule has 5 nitrogen and oxygen atoms in total. The number of hydrogen-bond donors (Lipinski definition) is 0. The van der Waals surface area contributed by atoms with E-state index in [1.807, 2.05) is 12.1 Å². The van der Waals surface area contributed by atoms with Crippen molar-refractivity contribution >= 4 is 11.9 Å². The lowest BCUT2D eigenvalue weighted by atomic mass is 9.57. The molecule has 2 aliphatic carbocycles. The van der Waals surface area contributed by atoms with E-state index in [4.69, 9.17) is 4.74 Å². The number of esters is 1. The van der Waals surface area contributed by atoms with Gasteiger partial charge in [-0.2, -0.15) is 13.2 Å². The molecule has 40 heavy (non-hydrogen) atoms. The van der Waals surface area contributed by atoms with E-state index in [-0.39, 0.29) is 23.3 Å². The van der Waals surface area contributed by atoms with Crippen LogP contribution in [0, 0.1) is 23.7 Å². The summed E-state index contributed by atoms with van der Waals surface area (Å²) in [5.41, 5.74) is 0.600. The molecular weight excluding hydrogens is 517 g/mol. The van der Waals surface area contributed by atoms with Gasteiger partial charge in [-0.3, -0.25) is 9.59 Å². The van der Waals surface area contributed by atoms with Crippen molar-refractivity contribution in [1.82, 2.24) is 9.80 Å². The molecule has 0 unspecified atom stereocenters. The van der Waals surface area contributed by atoms with Crippen molar-refractivity contribution in [2.45, 2.75) is 63.1 Å². The number of alkyl halides is 3. The van der Waals surface area contributed by atoms with Crippen LogP contribution in [0.3, 0.4) is 0 Å². The number of piperidine rings is 1. The Morgan fingerprint density at radius 2 is 1.85 bits per heavy atom. The molecule has 1 amide bonds. The van der Waals surface area contributed by atoms with Crippen LogP contribution in [-0.2, 0) is 21.2 Å². The number of nitrogens with zero attached hydrogens (tertiary/aromatic N) is 2. The second-order valence-electron chi connectivity index (χ2n) is 11.6. The highest BCUT2D eigenvalue weighted by Gasteiger charge is 2.49. The van der Waals surface area contributed by atoms with E-state index >= 15 is 0 Å². The first kappa shape index (κ1) is 28.2. The summed E-state index contributed by atoms with van der Waals surface area (Å²) in [4.78, 5) is 29.0. The molecule has 2 aromatic rings. The number of fused-ring (bicyclic) bond motifs is 1. The Bertz CT molecular complexity index is 1310. The molecule has 0 radical (unpaired) electrons. The van der Waals surface area contributed by atoms with Crippen LogP contribution in [-0.4, -0.2) is 54.4 Å². The lowest BCUT2D eigenvalue weighted by Crippen LogP contribution is -2.56. The summed E-state index contributed by atoms with van der Waals surface area (Å²) in [5, 5.41) is 0. The van der Waals surface area contributed by atoms with Gasteiger partial charge in [-0.25, -0.2) is 0 Å². The maximum absolute atomic E-state index is 13.1. The van der Waals surface area contributed by atoms with E-state index in [1.165, 1.54) is 31.9 Å². The Hall–Kier alpha value is -3.31. The van der Waals surface area contributed by atoms with Gasteiger partial charge in [0, 0.05) is 50.0 Å². The Labute approximate surface area is 233 Å². The molecule has 1 aliphatic heterocycles. The van der Waals surface area contributed by atoms with Gasteiger partial charge < -0.3 is 14.5 Å². The number of amides is 1. The van der Waals surface area contributed by atoms with Crippen molar-refractivity contribution in [2.75, 3.05) is 26.7 Å². The van der Waals surface area contributed by atoms with Crippen molar-refractivity contribution in [3.05, 3.63) is 65.2 Å². The summed E-state index contributed by atoms with van der Waals surface area (Å²) in [5.74, 6) is 6.44.